The zero-order valence-corrected chi connectivity index (χ0v) is 17.2. The average Bonchev–Trinajstić information content (AvgIpc) is 3.25. The molecule has 12 nitrogen and oxygen atoms in total. The minimum absolute atomic E-state index is 0.0855. The molecule has 31 heavy (non-hydrogen) atoms. The molecule has 0 aromatic heterocycles. The summed E-state index contributed by atoms with van der Waals surface area (Å²) in [4.78, 5) is 73.4. The lowest BCUT2D eigenvalue weighted by atomic mass is 10.0. The molecule has 6 amide bonds. The number of alkyl carbamates (subject to hydrolysis) is 2. The number of carbonyl (C=O) groups excluding carboxylic acids is 6. The van der Waals surface area contributed by atoms with Gasteiger partial charge in [-0.05, 0) is 19.3 Å². The predicted octanol–water partition coefficient (Wildman–Crippen LogP) is -0.196. The van der Waals surface area contributed by atoms with Crippen molar-refractivity contribution in [1.29, 1.82) is 0 Å². The number of hydrogen-bond donors (Lipinski definition) is 2. The van der Waals surface area contributed by atoms with Crippen LogP contribution in [0, 0.1) is 0 Å². The summed E-state index contributed by atoms with van der Waals surface area (Å²) in [6, 6.07) is -0.641. The van der Waals surface area contributed by atoms with Gasteiger partial charge in [-0.2, -0.15) is 0 Å². The molecule has 0 saturated heterocycles. The van der Waals surface area contributed by atoms with E-state index in [2.05, 4.69) is 20.1 Å². The second kappa shape index (κ2) is 10.9. The number of ether oxygens (including phenoxy) is 2. The van der Waals surface area contributed by atoms with Crippen LogP contribution in [0.3, 0.4) is 0 Å². The van der Waals surface area contributed by atoms with Crippen LogP contribution in [0.25, 0.3) is 0 Å². The fourth-order valence-electron chi connectivity index (χ4n) is 3.24. The number of hydrogen-bond acceptors (Lipinski definition) is 8. The highest BCUT2D eigenvalue weighted by atomic mass is 16.5. The van der Waals surface area contributed by atoms with Crippen molar-refractivity contribution in [3.05, 3.63) is 24.3 Å². The lowest BCUT2D eigenvalue weighted by Crippen LogP contribution is -2.56. The summed E-state index contributed by atoms with van der Waals surface area (Å²) in [5.41, 5.74) is 0. The molecule has 0 bridgehead atoms. The van der Waals surface area contributed by atoms with Crippen molar-refractivity contribution in [2.75, 3.05) is 20.8 Å². The van der Waals surface area contributed by atoms with Crippen LogP contribution in [0.4, 0.5) is 9.59 Å². The number of carbonyl (C=O) groups is 6. The third-order valence-electron chi connectivity index (χ3n) is 4.72. The number of amides is 6. The van der Waals surface area contributed by atoms with Gasteiger partial charge in [0, 0.05) is 43.3 Å². The van der Waals surface area contributed by atoms with Crippen LogP contribution in [0.2, 0.25) is 0 Å². The van der Waals surface area contributed by atoms with Crippen molar-refractivity contribution in [3.63, 3.8) is 0 Å². The first kappa shape index (κ1) is 23.6. The standard InChI is InChI=1S/C19H24N4O8/c1-30-18(28)20-10-4-3-5-12(21-19(29)31-2)11-13(22-14(24)6-7-15(22)25)23-16(26)8-9-17(23)27/h6-9,12-13H,3-5,10-11H2,1-2H3,(H,20,28)(H,21,29). The van der Waals surface area contributed by atoms with E-state index < -0.39 is 48.0 Å². The first-order valence-electron chi connectivity index (χ1n) is 9.55. The maximum Gasteiger partial charge on any atom is 0.407 e. The Morgan fingerprint density at radius 1 is 0.839 bits per heavy atom. The number of unbranched alkanes of at least 4 members (excludes halogenated alkanes) is 1. The molecule has 12 heteroatoms. The van der Waals surface area contributed by atoms with E-state index in [0.29, 0.717) is 25.8 Å². The van der Waals surface area contributed by atoms with Gasteiger partial charge in [0.1, 0.15) is 6.17 Å². The summed E-state index contributed by atoms with van der Waals surface area (Å²) in [7, 11) is 2.43. The molecule has 2 heterocycles. The van der Waals surface area contributed by atoms with Gasteiger partial charge >= 0.3 is 12.2 Å². The molecule has 0 aliphatic carbocycles. The van der Waals surface area contributed by atoms with Crippen molar-refractivity contribution in [2.45, 2.75) is 37.9 Å². The molecular formula is C19H24N4O8. The fourth-order valence-corrected chi connectivity index (χ4v) is 3.24. The highest BCUT2D eigenvalue weighted by molar-refractivity contribution is 6.16. The topological polar surface area (TPSA) is 151 Å². The summed E-state index contributed by atoms with van der Waals surface area (Å²) in [5.74, 6) is -2.66. The van der Waals surface area contributed by atoms with E-state index in [4.69, 9.17) is 0 Å². The first-order valence-corrected chi connectivity index (χ1v) is 9.55. The van der Waals surface area contributed by atoms with E-state index in [-0.39, 0.29) is 6.42 Å². The lowest BCUT2D eigenvalue weighted by Gasteiger charge is -2.35. The molecule has 2 N–H and O–H groups in total. The van der Waals surface area contributed by atoms with E-state index in [1.54, 1.807) is 0 Å². The van der Waals surface area contributed by atoms with Crippen LogP contribution in [0.1, 0.15) is 25.7 Å². The Bertz CT molecular complexity index is 744. The second-order valence-electron chi connectivity index (χ2n) is 6.72. The minimum Gasteiger partial charge on any atom is -0.453 e. The van der Waals surface area contributed by atoms with Gasteiger partial charge in [-0.1, -0.05) is 0 Å². The Hall–Kier alpha value is -3.70. The van der Waals surface area contributed by atoms with Crippen LogP contribution in [0.15, 0.2) is 24.3 Å². The van der Waals surface area contributed by atoms with E-state index in [9.17, 15) is 28.8 Å². The van der Waals surface area contributed by atoms with Crippen molar-refractivity contribution in [3.8, 4) is 0 Å². The molecule has 168 valence electrons. The number of nitrogens with zero attached hydrogens (tertiary/aromatic N) is 2. The lowest BCUT2D eigenvalue weighted by molar-refractivity contribution is -0.152. The number of imide groups is 2. The smallest absolute Gasteiger partial charge is 0.407 e. The summed E-state index contributed by atoms with van der Waals surface area (Å²) in [6.45, 7) is 0.334. The zero-order valence-electron chi connectivity index (χ0n) is 17.2. The van der Waals surface area contributed by atoms with E-state index in [1.807, 2.05) is 0 Å². The Labute approximate surface area is 178 Å². The van der Waals surface area contributed by atoms with Crippen molar-refractivity contribution < 1.29 is 38.2 Å². The molecule has 2 aliphatic rings. The van der Waals surface area contributed by atoms with Crippen molar-refractivity contribution in [2.24, 2.45) is 0 Å². The minimum atomic E-state index is -1.22. The van der Waals surface area contributed by atoms with Gasteiger partial charge in [-0.25, -0.2) is 9.59 Å². The van der Waals surface area contributed by atoms with Gasteiger partial charge in [0.05, 0.1) is 14.2 Å². The van der Waals surface area contributed by atoms with Gasteiger partial charge in [0.15, 0.2) is 0 Å². The molecular weight excluding hydrogens is 412 g/mol. The largest absolute Gasteiger partial charge is 0.453 e. The van der Waals surface area contributed by atoms with E-state index in [0.717, 1.165) is 34.1 Å². The monoisotopic (exact) mass is 436 g/mol. The Morgan fingerprint density at radius 2 is 1.32 bits per heavy atom. The molecule has 0 radical (unpaired) electrons. The summed E-state index contributed by atoms with van der Waals surface area (Å²) >= 11 is 0. The van der Waals surface area contributed by atoms with Gasteiger partial charge in [0.2, 0.25) is 0 Å². The summed E-state index contributed by atoms with van der Waals surface area (Å²) < 4.78 is 9.11. The van der Waals surface area contributed by atoms with E-state index in [1.165, 1.54) is 14.2 Å². The predicted molar refractivity (Wildman–Crippen MR) is 104 cm³/mol. The number of rotatable bonds is 10. The Kier molecular flexibility index (Phi) is 8.29. The number of nitrogens with one attached hydrogen (secondary N) is 2. The SMILES string of the molecule is COC(=O)NCCCCC(CC(N1C(=O)C=CC1=O)N1C(=O)C=CC1=O)NC(=O)OC. The van der Waals surface area contributed by atoms with Crippen LogP contribution in [0.5, 0.6) is 0 Å². The average molecular weight is 436 g/mol. The highest BCUT2D eigenvalue weighted by Gasteiger charge is 2.42. The number of methoxy groups -OCH3 is 2. The molecule has 2 aliphatic heterocycles. The highest BCUT2D eigenvalue weighted by Crippen LogP contribution is 2.23. The molecule has 0 aromatic rings. The normalized spacial score (nSPS) is 16.4. The van der Waals surface area contributed by atoms with Crippen molar-refractivity contribution in [1.82, 2.24) is 20.4 Å². The van der Waals surface area contributed by atoms with Gasteiger partial charge in [0.25, 0.3) is 23.6 Å². The third-order valence-corrected chi connectivity index (χ3v) is 4.72. The summed E-state index contributed by atoms with van der Waals surface area (Å²) in [5, 5.41) is 5.13. The van der Waals surface area contributed by atoms with Crippen LogP contribution < -0.4 is 10.6 Å². The van der Waals surface area contributed by atoms with Gasteiger partial charge in [-0.3, -0.25) is 29.0 Å². The molecule has 0 aromatic carbocycles. The Morgan fingerprint density at radius 3 is 1.77 bits per heavy atom. The van der Waals surface area contributed by atoms with Crippen molar-refractivity contribution >= 4 is 35.8 Å². The zero-order chi connectivity index (χ0) is 23.0. The maximum absolute atomic E-state index is 12.2. The summed E-state index contributed by atoms with van der Waals surface area (Å²) in [6.07, 6.45) is 3.03. The molecule has 0 fully saturated rings. The maximum atomic E-state index is 12.2. The second-order valence-corrected chi connectivity index (χ2v) is 6.72. The van der Waals surface area contributed by atoms with Crippen LogP contribution in [-0.4, -0.2) is 78.6 Å². The van der Waals surface area contributed by atoms with E-state index >= 15 is 0 Å². The fraction of sp³-hybridized carbons (Fsp3) is 0.474. The quantitative estimate of drug-likeness (QED) is 0.353. The first-order chi connectivity index (χ1) is 14.8. The molecule has 0 saturated carbocycles. The molecule has 0 spiro atoms. The van der Waals surface area contributed by atoms with Gasteiger partial charge in [-0.15, -0.1) is 0 Å². The Balaban J connectivity index is 2.13. The van der Waals surface area contributed by atoms with Gasteiger partial charge < -0.3 is 20.1 Å². The van der Waals surface area contributed by atoms with Crippen LogP contribution >= 0.6 is 0 Å². The van der Waals surface area contributed by atoms with Crippen LogP contribution in [-0.2, 0) is 28.7 Å². The molecule has 1 unspecified atom stereocenters. The third kappa shape index (κ3) is 6.14. The molecule has 2 rings (SSSR count). The molecule has 1 atom stereocenters.